The first kappa shape index (κ1) is 12.7. The molecule has 0 aliphatic rings. The maximum atomic E-state index is 5.46. The molecule has 0 aliphatic heterocycles. The largest absolute Gasteiger partial charge is 0.496 e. The third-order valence-electron chi connectivity index (χ3n) is 3.70. The first-order valence-corrected chi connectivity index (χ1v) is 6.59. The molecule has 0 spiro atoms. The van der Waals surface area contributed by atoms with Crippen molar-refractivity contribution in [2.75, 3.05) is 7.11 Å². The lowest BCUT2D eigenvalue weighted by Gasteiger charge is -2.14. The molecule has 1 heterocycles. The summed E-state index contributed by atoms with van der Waals surface area (Å²) in [5.74, 6) is 0.933. The van der Waals surface area contributed by atoms with E-state index in [0.717, 1.165) is 39.2 Å². The molecule has 20 heavy (non-hydrogen) atoms. The summed E-state index contributed by atoms with van der Waals surface area (Å²) in [7, 11) is 1.70. The average molecular weight is 267 g/mol. The molecular formula is C16H17N3O. The Kier molecular flexibility index (Phi) is 2.93. The van der Waals surface area contributed by atoms with Crippen molar-refractivity contribution < 1.29 is 4.74 Å². The summed E-state index contributed by atoms with van der Waals surface area (Å²) in [6, 6.07) is 9.95. The predicted molar refractivity (Wildman–Crippen MR) is 79.6 cm³/mol. The number of hydrogen-bond acceptors (Lipinski definition) is 3. The van der Waals surface area contributed by atoms with Crippen molar-refractivity contribution in [3.63, 3.8) is 0 Å². The van der Waals surface area contributed by atoms with Gasteiger partial charge in [-0.15, -0.1) is 10.2 Å². The SMILES string of the molecule is COc1c(C)cc(-n2nc3ccccc3n2)c(C)c1C. The van der Waals surface area contributed by atoms with Crippen molar-refractivity contribution in [2.24, 2.45) is 0 Å². The van der Waals surface area contributed by atoms with Gasteiger partial charge in [0.2, 0.25) is 0 Å². The van der Waals surface area contributed by atoms with Crippen LogP contribution in [0, 0.1) is 20.8 Å². The zero-order chi connectivity index (χ0) is 14.3. The van der Waals surface area contributed by atoms with Crippen molar-refractivity contribution in [2.45, 2.75) is 20.8 Å². The van der Waals surface area contributed by atoms with Gasteiger partial charge in [0.15, 0.2) is 0 Å². The monoisotopic (exact) mass is 267 g/mol. The van der Waals surface area contributed by atoms with E-state index in [-0.39, 0.29) is 0 Å². The van der Waals surface area contributed by atoms with Gasteiger partial charge < -0.3 is 4.74 Å². The van der Waals surface area contributed by atoms with Crippen molar-refractivity contribution in [3.05, 3.63) is 47.0 Å². The summed E-state index contributed by atoms with van der Waals surface area (Å²) >= 11 is 0. The summed E-state index contributed by atoms with van der Waals surface area (Å²) in [4.78, 5) is 1.71. The van der Waals surface area contributed by atoms with E-state index in [1.807, 2.05) is 31.2 Å². The molecule has 0 atom stereocenters. The number of rotatable bonds is 2. The third kappa shape index (κ3) is 1.84. The van der Waals surface area contributed by atoms with E-state index in [9.17, 15) is 0 Å². The van der Waals surface area contributed by atoms with Crippen molar-refractivity contribution in [1.29, 1.82) is 0 Å². The van der Waals surface area contributed by atoms with Crippen molar-refractivity contribution in [3.8, 4) is 11.4 Å². The molecular weight excluding hydrogens is 250 g/mol. The van der Waals surface area contributed by atoms with Gasteiger partial charge in [-0.2, -0.15) is 4.80 Å². The van der Waals surface area contributed by atoms with Gasteiger partial charge in [0.05, 0.1) is 12.8 Å². The number of hydrogen-bond donors (Lipinski definition) is 0. The van der Waals surface area contributed by atoms with Crippen LogP contribution in [0.1, 0.15) is 16.7 Å². The number of nitrogens with zero attached hydrogens (tertiary/aromatic N) is 3. The highest BCUT2D eigenvalue weighted by Gasteiger charge is 2.14. The maximum absolute atomic E-state index is 5.46. The molecule has 2 aromatic carbocycles. The van der Waals surface area contributed by atoms with Crippen LogP contribution >= 0.6 is 0 Å². The number of fused-ring (bicyclic) bond motifs is 1. The molecule has 1 aromatic heterocycles. The van der Waals surface area contributed by atoms with Crippen LogP contribution in [0.25, 0.3) is 16.7 Å². The van der Waals surface area contributed by atoms with Gasteiger partial charge in [0, 0.05) is 0 Å². The molecule has 0 aliphatic carbocycles. The Labute approximate surface area is 118 Å². The molecule has 102 valence electrons. The molecule has 0 saturated heterocycles. The molecule has 3 aromatic rings. The molecule has 4 nitrogen and oxygen atoms in total. The second-order valence-corrected chi connectivity index (χ2v) is 4.97. The Morgan fingerprint density at radius 1 is 0.950 bits per heavy atom. The molecule has 4 heteroatoms. The van der Waals surface area contributed by atoms with Gasteiger partial charge in [0.25, 0.3) is 0 Å². The third-order valence-corrected chi connectivity index (χ3v) is 3.70. The van der Waals surface area contributed by atoms with Crippen LogP contribution in [0.2, 0.25) is 0 Å². The quantitative estimate of drug-likeness (QED) is 0.715. The lowest BCUT2D eigenvalue weighted by atomic mass is 10.0. The fraction of sp³-hybridized carbons (Fsp3) is 0.250. The smallest absolute Gasteiger partial charge is 0.125 e. The second-order valence-electron chi connectivity index (χ2n) is 4.97. The summed E-state index contributed by atoms with van der Waals surface area (Å²) in [6.45, 7) is 6.17. The van der Waals surface area contributed by atoms with E-state index in [2.05, 4.69) is 30.1 Å². The number of benzene rings is 2. The Morgan fingerprint density at radius 3 is 2.10 bits per heavy atom. The van der Waals surface area contributed by atoms with E-state index in [1.54, 1.807) is 11.9 Å². The Hall–Kier alpha value is -2.36. The molecule has 0 radical (unpaired) electrons. The lowest BCUT2D eigenvalue weighted by molar-refractivity contribution is 0.408. The Morgan fingerprint density at radius 2 is 1.55 bits per heavy atom. The summed E-state index contributed by atoms with van der Waals surface area (Å²) in [5, 5.41) is 9.09. The van der Waals surface area contributed by atoms with Crippen LogP contribution in [0.4, 0.5) is 0 Å². The molecule has 0 unspecified atom stereocenters. The van der Waals surface area contributed by atoms with E-state index < -0.39 is 0 Å². The normalized spacial score (nSPS) is 11.0. The number of methoxy groups -OCH3 is 1. The van der Waals surface area contributed by atoms with Gasteiger partial charge in [-0.05, 0) is 55.7 Å². The zero-order valence-corrected chi connectivity index (χ0v) is 12.1. The van der Waals surface area contributed by atoms with Crippen LogP contribution in [0.15, 0.2) is 30.3 Å². The predicted octanol–water partition coefficient (Wildman–Crippen LogP) is 3.35. The average Bonchev–Trinajstić information content (AvgIpc) is 2.87. The topological polar surface area (TPSA) is 39.9 Å². The van der Waals surface area contributed by atoms with Gasteiger partial charge >= 0.3 is 0 Å². The van der Waals surface area contributed by atoms with Gasteiger partial charge in [-0.25, -0.2) is 0 Å². The Bertz CT molecular complexity index is 757. The molecule has 0 bridgehead atoms. The van der Waals surface area contributed by atoms with Crippen molar-refractivity contribution in [1.82, 2.24) is 15.0 Å². The summed E-state index contributed by atoms with van der Waals surface area (Å²) < 4.78 is 5.46. The first-order chi connectivity index (χ1) is 9.61. The fourth-order valence-corrected chi connectivity index (χ4v) is 2.53. The second kappa shape index (κ2) is 4.63. The van der Waals surface area contributed by atoms with Gasteiger partial charge in [-0.3, -0.25) is 0 Å². The van der Waals surface area contributed by atoms with Crippen LogP contribution in [-0.4, -0.2) is 22.1 Å². The molecule has 0 fully saturated rings. The lowest BCUT2D eigenvalue weighted by Crippen LogP contribution is -2.05. The number of ether oxygens (including phenoxy) is 1. The van der Waals surface area contributed by atoms with Crippen LogP contribution in [-0.2, 0) is 0 Å². The van der Waals surface area contributed by atoms with Gasteiger partial charge in [-0.1, -0.05) is 12.1 Å². The zero-order valence-electron chi connectivity index (χ0n) is 12.1. The molecule has 0 saturated carbocycles. The van der Waals surface area contributed by atoms with Crippen LogP contribution in [0.3, 0.4) is 0 Å². The first-order valence-electron chi connectivity index (χ1n) is 6.59. The summed E-state index contributed by atoms with van der Waals surface area (Å²) in [5.41, 5.74) is 6.15. The minimum Gasteiger partial charge on any atom is -0.496 e. The van der Waals surface area contributed by atoms with Crippen LogP contribution < -0.4 is 4.74 Å². The van der Waals surface area contributed by atoms with E-state index in [4.69, 9.17) is 4.74 Å². The molecule has 0 amide bonds. The minimum atomic E-state index is 0.901. The summed E-state index contributed by atoms with van der Waals surface area (Å²) in [6.07, 6.45) is 0. The van der Waals surface area contributed by atoms with Gasteiger partial charge in [0.1, 0.15) is 16.8 Å². The standard InChI is InChI=1S/C16H17N3O/c1-10-9-15(11(2)12(3)16(10)20-4)19-17-13-7-5-6-8-14(13)18-19/h5-9H,1-4H3. The van der Waals surface area contributed by atoms with E-state index in [0.29, 0.717) is 0 Å². The maximum Gasteiger partial charge on any atom is 0.125 e. The van der Waals surface area contributed by atoms with Crippen LogP contribution in [0.5, 0.6) is 5.75 Å². The molecule has 3 rings (SSSR count). The molecule has 0 N–H and O–H groups in total. The number of aromatic nitrogens is 3. The van der Waals surface area contributed by atoms with Crippen molar-refractivity contribution >= 4 is 11.0 Å². The highest BCUT2D eigenvalue weighted by molar-refractivity contribution is 5.73. The highest BCUT2D eigenvalue weighted by Crippen LogP contribution is 2.30. The van der Waals surface area contributed by atoms with E-state index in [1.165, 1.54) is 0 Å². The minimum absolute atomic E-state index is 0.901. The van der Waals surface area contributed by atoms with E-state index >= 15 is 0 Å². The highest BCUT2D eigenvalue weighted by atomic mass is 16.5. The Balaban J connectivity index is 2.24. The fourth-order valence-electron chi connectivity index (χ4n) is 2.53. The number of aryl methyl sites for hydroxylation is 1.